The van der Waals surface area contributed by atoms with E-state index >= 15 is 0 Å². The third-order valence-corrected chi connectivity index (χ3v) is 3.27. The zero-order valence-electron chi connectivity index (χ0n) is 9.55. The van der Waals surface area contributed by atoms with E-state index in [9.17, 15) is 8.78 Å². The standard InChI is InChI=1S/C13H8BrF2N3/c14-8-6-12-11(3-4-17-12)19-13(8)18-10-2-1-7(15)5-9(10)16/h1-6,17H,(H,18,19). The fraction of sp³-hybridized carbons (Fsp3) is 0. The predicted octanol–water partition coefficient (Wildman–Crippen LogP) is 4.35. The summed E-state index contributed by atoms with van der Waals surface area (Å²) in [6.07, 6.45) is 1.77. The number of aromatic amines is 1. The van der Waals surface area contributed by atoms with Gasteiger partial charge in [0.15, 0.2) is 0 Å². The Bertz CT molecular complexity index is 755. The number of hydrogen-bond acceptors (Lipinski definition) is 2. The summed E-state index contributed by atoms with van der Waals surface area (Å²) in [4.78, 5) is 7.37. The van der Waals surface area contributed by atoms with Crippen molar-refractivity contribution in [3.8, 4) is 0 Å². The third-order valence-electron chi connectivity index (χ3n) is 2.67. The fourth-order valence-corrected chi connectivity index (χ4v) is 2.18. The summed E-state index contributed by atoms with van der Waals surface area (Å²) in [5.41, 5.74) is 1.80. The van der Waals surface area contributed by atoms with E-state index in [-0.39, 0.29) is 5.69 Å². The lowest BCUT2D eigenvalue weighted by molar-refractivity contribution is 0.586. The molecule has 96 valence electrons. The Balaban J connectivity index is 2.02. The van der Waals surface area contributed by atoms with Crippen LogP contribution in [0.5, 0.6) is 0 Å². The second-order valence-electron chi connectivity index (χ2n) is 3.98. The van der Waals surface area contributed by atoms with Gasteiger partial charge in [0, 0.05) is 12.3 Å². The van der Waals surface area contributed by atoms with Gasteiger partial charge in [0.05, 0.1) is 21.2 Å². The van der Waals surface area contributed by atoms with Gasteiger partial charge in [0.2, 0.25) is 0 Å². The van der Waals surface area contributed by atoms with E-state index in [1.54, 1.807) is 6.20 Å². The Morgan fingerprint density at radius 1 is 1.16 bits per heavy atom. The van der Waals surface area contributed by atoms with E-state index in [0.29, 0.717) is 10.3 Å². The Labute approximate surface area is 115 Å². The number of H-pyrrole nitrogens is 1. The number of nitrogens with zero attached hydrogens (tertiary/aromatic N) is 1. The van der Waals surface area contributed by atoms with Gasteiger partial charge in [-0.05, 0) is 40.2 Å². The van der Waals surface area contributed by atoms with Crippen LogP contribution in [0, 0.1) is 11.6 Å². The van der Waals surface area contributed by atoms with Crippen LogP contribution in [0.3, 0.4) is 0 Å². The quantitative estimate of drug-likeness (QED) is 0.736. The number of benzene rings is 1. The first-order valence-electron chi connectivity index (χ1n) is 5.49. The van der Waals surface area contributed by atoms with Crippen LogP contribution in [0.4, 0.5) is 20.3 Å². The zero-order chi connectivity index (χ0) is 13.4. The largest absolute Gasteiger partial charge is 0.360 e. The summed E-state index contributed by atoms with van der Waals surface area (Å²) in [6.45, 7) is 0. The van der Waals surface area contributed by atoms with Gasteiger partial charge >= 0.3 is 0 Å². The van der Waals surface area contributed by atoms with Crippen molar-refractivity contribution in [2.75, 3.05) is 5.32 Å². The number of rotatable bonds is 2. The summed E-state index contributed by atoms with van der Waals surface area (Å²) >= 11 is 3.36. The van der Waals surface area contributed by atoms with Crippen molar-refractivity contribution in [2.24, 2.45) is 0 Å². The minimum atomic E-state index is -0.664. The maximum absolute atomic E-state index is 13.6. The molecule has 1 aromatic carbocycles. The maximum Gasteiger partial charge on any atom is 0.149 e. The van der Waals surface area contributed by atoms with Gasteiger partial charge in [-0.25, -0.2) is 13.8 Å². The molecule has 0 aliphatic heterocycles. The molecule has 0 unspecified atom stereocenters. The first-order valence-corrected chi connectivity index (χ1v) is 6.28. The average Bonchev–Trinajstić information content (AvgIpc) is 2.80. The zero-order valence-corrected chi connectivity index (χ0v) is 11.1. The molecule has 0 spiro atoms. The molecule has 2 N–H and O–H groups in total. The highest BCUT2D eigenvalue weighted by atomic mass is 79.9. The molecule has 0 saturated carbocycles. The molecule has 0 atom stereocenters. The second-order valence-corrected chi connectivity index (χ2v) is 4.83. The Morgan fingerprint density at radius 2 is 2.00 bits per heavy atom. The lowest BCUT2D eigenvalue weighted by atomic mass is 10.3. The van der Waals surface area contributed by atoms with Gasteiger partial charge < -0.3 is 10.3 Å². The van der Waals surface area contributed by atoms with Gasteiger partial charge in [0.25, 0.3) is 0 Å². The molecule has 2 aromatic heterocycles. The number of halogens is 3. The van der Waals surface area contributed by atoms with Crippen molar-refractivity contribution in [3.05, 3.63) is 52.6 Å². The minimum absolute atomic E-state index is 0.171. The van der Waals surface area contributed by atoms with Gasteiger partial charge in [-0.3, -0.25) is 0 Å². The maximum atomic E-state index is 13.6. The van der Waals surface area contributed by atoms with Crippen molar-refractivity contribution >= 4 is 38.5 Å². The SMILES string of the molecule is Fc1ccc(Nc2nc3cc[nH]c3cc2Br)c(F)c1. The Kier molecular flexibility index (Phi) is 2.94. The van der Waals surface area contributed by atoms with Crippen LogP contribution in [-0.2, 0) is 0 Å². The molecule has 3 nitrogen and oxygen atoms in total. The fourth-order valence-electron chi connectivity index (χ4n) is 1.76. The van der Waals surface area contributed by atoms with Crippen LogP contribution in [0.15, 0.2) is 41.0 Å². The highest BCUT2D eigenvalue weighted by Crippen LogP contribution is 2.28. The smallest absolute Gasteiger partial charge is 0.149 e. The topological polar surface area (TPSA) is 40.7 Å². The summed E-state index contributed by atoms with van der Waals surface area (Å²) in [7, 11) is 0. The highest BCUT2D eigenvalue weighted by Gasteiger charge is 2.09. The molecule has 6 heteroatoms. The molecule has 0 bridgehead atoms. The van der Waals surface area contributed by atoms with Gasteiger partial charge in [0.1, 0.15) is 17.5 Å². The van der Waals surface area contributed by atoms with Crippen molar-refractivity contribution < 1.29 is 8.78 Å². The van der Waals surface area contributed by atoms with Crippen LogP contribution < -0.4 is 5.32 Å². The first-order chi connectivity index (χ1) is 9.13. The molecule has 0 amide bonds. The molecule has 19 heavy (non-hydrogen) atoms. The molecule has 0 saturated heterocycles. The van der Waals surface area contributed by atoms with Crippen LogP contribution in [0.25, 0.3) is 11.0 Å². The minimum Gasteiger partial charge on any atom is -0.360 e. The van der Waals surface area contributed by atoms with Crippen molar-refractivity contribution in [1.29, 1.82) is 0 Å². The molecule has 0 aliphatic carbocycles. The van der Waals surface area contributed by atoms with Gasteiger partial charge in [-0.1, -0.05) is 0 Å². The lowest BCUT2D eigenvalue weighted by Crippen LogP contribution is -1.98. The van der Waals surface area contributed by atoms with Gasteiger partial charge in [-0.2, -0.15) is 0 Å². The van der Waals surface area contributed by atoms with Crippen LogP contribution in [0.1, 0.15) is 0 Å². The van der Waals surface area contributed by atoms with Crippen LogP contribution >= 0.6 is 15.9 Å². The molecular weight excluding hydrogens is 316 g/mol. The molecule has 2 heterocycles. The third kappa shape index (κ3) is 2.31. The predicted molar refractivity (Wildman–Crippen MR) is 73.4 cm³/mol. The molecule has 0 fully saturated rings. The van der Waals surface area contributed by atoms with Gasteiger partial charge in [-0.15, -0.1) is 0 Å². The molecular formula is C13H8BrF2N3. The average molecular weight is 324 g/mol. The normalized spacial score (nSPS) is 10.9. The van der Waals surface area contributed by atoms with E-state index in [0.717, 1.165) is 17.1 Å². The lowest BCUT2D eigenvalue weighted by Gasteiger charge is -2.08. The number of fused-ring (bicyclic) bond motifs is 1. The number of anilines is 2. The Hall–Kier alpha value is -1.95. The van der Waals surface area contributed by atoms with Crippen molar-refractivity contribution in [2.45, 2.75) is 0 Å². The summed E-state index contributed by atoms with van der Waals surface area (Å²) in [5.74, 6) is -0.809. The number of pyridine rings is 1. The Morgan fingerprint density at radius 3 is 2.79 bits per heavy atom. The van der Waals surface area contributed by atoms with Crippen molar-refractivity contribution in [3.63, 3.8) is 0 Å². The van der Waals surface area contributed by atoms with E-state index < -0.39 is 11.6 Å². The molecule has 3 rings (SSSR count). The monoisotopic (exact) mass is 323 g/mol. The van der Waals surface area contributed by atoms with Crippen LogP contribution in [0.2, 0.25) is 0 Å². The second kappa shape index (κ2) is 4.62. The summed E-state index contributed by atoms with van der Waals surface area (Å²) in [6, 6.07) is 7.00. The van der Waals surface area contributed by atoms with E-state index in [4.69, 9.17) is 0 Å². The highest BCUT2D eigenvalue weighted by molar-refractivity contribution is 9.10. The summed E-state index contributed by atoms with van der Waals surface area (Å²) < 4.78 is 27.1. The molecule has 0 radical (unpaired) electrons. The summed E-state index contributed by atoms with van der Waals surface area (Å²) in [5, 5.41) is 2.84. The van der Waals surface area contributed by atoms with E-state index in [1.165, 1.54) is 12.1 Å². The molecule has 3 aromatic rings. The number of aromatic nitrogens is 2. The van der Waals surface area contributed by atoms with E-state index in [2.05, 4.69) is 31.2 Å². The van der Waals surface area contributed by atoms with Crippen LogP contribution in [-0.4, -0.2) is 9.97 Å². The first kappa shape index (κ1) is 12.1. The molecule has 0 aliphatic rings. The van der Waals surface area contributed by atoms with Crippen molar-refractivity contribution in [1.82, 2.24) is 9.97 Å². The number of nitrogens with one attached hydrogen (secondary N) is 2. The van der Waals surface area contributed by atoms with E-state index in [1.807, 2.05) is 12.1 Å². The number of hydrogen-bond donors (Lipinski definition) is 2.